The molecule has 0 atom stereocenters. The van der Waals surface area contributed by atoms with Gasteiger partial charge in [-0.25, -0.2) is 4.79 Å². The summed E-state index contributed by atoms with van der Waals surface area (Å²) in [4.78, 5) is 30.3. The van der Waals surface area contributed by atoms with Gasteiger partial charge < -0.3 is 34.5 Å². The lowest BCUT2D eigenvalue weighted by atomic mass is 9.77. The van der Waals surface area contributed by atoms with Crippen molar-refractivity contribution in [1.82, 2.24) is 10.4 Å². The number of rotatable bonds is 9. The van der Waals surface area contributed by atoms with Gasteiger partial charge in [-0.2, -0.15) is 5.06 Å². The zero-order valence-corrected chi connectivity index (χ0v) is 23.4. The molecule has 0 unspecified atom stereocenters. The van der Waals surface area contributed by atoms with Gasteiger partial charge in [-0.3, -0.25) is 4.79 Å². The summed E-state index contributed by atoms with van der Waals surface area (Å²) in [5, 5.41) is 13.1. The first-order chi connectivity index (χ1) is 19.1. The molecule has 0 fully saturated rings. The van der Waals surface area contributed by atoms with E-state index in [0.29, 0.717) is 65.6 Å². The highest BCUT2D eigenvalue weighted by molar-refractivity contribution is 6.00. The summed E-state index contributed by atoms with van der Waals surface area (Å²) in [7, 11) is 9.33. The van der Waals surface area contributed by atoms with Crippen LogP contribution in [-0.4, -0.2) is 83.7 Å². The van der Waals surface area contributed by atoms with E-state index in [2.05, 4.69) is 5.32 Å². The number of hydrogen-bond donors (Lipinski definition) is 2. The molecule has 1 amide bonds. The number of fused-ring (bicyclic) bond motifs is 6. The molecule has 1 spiro atoms. The second-order valence-electron chi connectivity index (χ2n) is 10.3. The van der Waals surface area contributed by atoms with Crippen molar-refractivity contribution in [1.29, 1.82) is 0 Å². The Labute approximate surface area is 233 Å². The fourth-order valence-electron chi connectivity index (χ4n) is 5.03. The minimum atomic E-state index is -1.28. The van der Waals surface area contributed by atoms with Crippen LogP contribution in [0.1, 0.15) is 37.4 Å². The van der Waals surface area contributed by atoms with Crippen molar-refractivity contribution < 1.29 is 29.0 Å². The Morgan fingerprint density at radius 3 is 2.08 bits per heavy atom. The highest BCUT2D eigenvalue weighted by Gasteiger charge is 2.53. The van der Waals surface area contributed by atoms with Gasteiger partial charge in [0.25, 0.3) is 5.91 Å². The monoisotopic (exact) mass is 546 g/mol. The summed E-state index contributed by atoms with van der Waals surface area (Å²) in [6.07, 6.45) is 0. The maximum Gasteiger partial charge on any atom is 0.340 e. The normalized spacial score (nSPS) is 14.2. The first kappa shape index (κ1) is 27.4. The molecular formula is C30H34N4O6. The largest absolute Gasteiger partial charge is 0.456 e. The molecule has 3 aromatic carbocycles. The van der Waals surface area contributed by atoms with Gasteiger partial charge in [0.15, 0.2) is 5.60 Å². The van der Waals surface area contributed by atoms with Gasteiger partial charge in [0.1, 0.15) is 11.5 Å². The van der Waals surface area contributed by atoms with E-state index in [0.717, 1.165) is 16.4 Å². The fraction of sp³-hybridized carbons (Fsp3) is 0.333. The fourth-order valence-corrected chi connectivity index (χ4v) is 5.03. The molecule has 10 heteroatoms. The van der Waals surface area contributed by atoms with Crippen LogP contribution in [-0.2, 0) is 15.1 Å². The average molecular weight is 547 g/mol. The molecule has 2 N–H and O–H groups in total. The molecule has 0 saturated heterocycles. The molecule has 0 aliphatic carbocycles. The average Bonchev–Trinajstić information content (AvgIpc) is 3.21. The van der Waals surface area contributed by atoms with E-state index in [1.54, 1.807) is 18.2 Å². The molecule has 0 saturated carbocycles. The lowest BCUT2D eigenvalue weighted by Gasteiger charge is -2.37. The molecule has 210 valence electrons. The lowest BCUT2D eigenvalue weighted by molar-refractivity contribution is -0.0800. The number of nitrogens with one attached hydrogen (secondary N) is 1. The summed E-state index contributed by atoms with van der Waals surface area (Å²) in [5.74, 6) is 0.404. The van der Waals surface area contributed by atoms with Crippen molar-refractivity contribution in [3.63, 3.8) is 0 Å². The molecule has 0 aromatic heterocycles. The number of anilines is 2. The lowest BCUT2D eigenvalue weighted by Crippen LogP contribution is -2.34. The van der Waals surface area contributed by atoms with E-state index >= 15 is 0 Å². The molecule has 2 aliphatic rings. The van der Waals surface area contributed by atoms with Crippen LogP contribution in [0.2, 0.25) is 0 Å². The van der Waals surface area contributed by atoms with E-state index in [1.165, 1.54) is 7.05 Å². The number of carbonyl (C=O) groups excluding carboxylic acids is 2. The molecule has 2 heterocycles. The Morgan fingerprint density at radius 1 is 0.875 bits per heavy atom. The van der Waals surface area contributed by atoms with Crippen molar-refractivity contribution in [3.8, 4) is 11.5 Å². The molecule has 40 heavy (non-hydrogen) atoms. The second-order valence-corrected chi connectivity index (χ2v) is 10.3. The number of amides is 1. The van der Waals surface area contributed by atoms with Gasteiger partial charge in [0.2, 0.25) is 0 Å². The Balaban J connectivity index is 1.55. The van der Waals surface area contributed by atoms with E-state index in [-0.39, 0.29) is 5.91 Å². The predicted molar refractivity (Wildman–Crippen MR) is 151 cm³/mol. The summed E-state index contributed by atoms with van der Waals surface area (Å²) in [6.45, 7) is 1.31. The van der Waals surface area contributed by atoms with Crippen LogP contribution in [0.4, 0.5) is 11.4 Å². The zero-order chi connectivity index (χ0) is 28.6. The first-order valence-corrected chi connectivity index (χ1v) is 13.1. The van der Waals surface area contributed by atoms with Crippen molar-refractivity contribution in [2.45, 2.75) is 5.60 Å². The van der Waals surface area contributed by atoms with Crippen LogP contribution >= 0.6 is 0 Å². The maximum absolute atomic E-state index is 13.3. The van der Waals surface area contributed by atoms with E-state index in [9.17, 15) is 14.8 Å². The second kappa shape index (κ2) is 10.8. The maximum atomic E-state index is 13.3. The number of carbonyl (C=O) groups is 2. The third-order valence-electron chi connectivity index (χ3n) is 7.16. The number of likely N-dealkylation sites (N-methyl/N-ethyl adjacent to an activating group) is 1. The van der Waals surface area contributed by atoms with Crippen molar-refractivity contribution in [3.05, 3.63) is 82.4 Å². The van der Waals surface area contributed by atoms with Crippen molar-refractivity contribution in [2.75, 3.05) is 71.3 Å². The third-order valence-corrected chi connectivity index (χ3v) is 7.16. The highest BCUT2D eigenvalue weighted by atomic mass is 16.6. The standard InChI is InChI=1S/C30H34N4O6/c1-32(2)20-7-10-23-26(17-20)39-27-18-21(33(3)4)8-11-24(27)30(23)25-16-19(6-9-22(25)29(36)40-30)28(35)31-12-14-38-15-13-34(5)37/h6-11,16-18,37H,12-15H2,1-5H3,(H,31,35). The number of nitrogens with zero attached hydrogens (tertiary/aromatic N) is 3. The topological polar surface area (TPSA) is 104 Å². The summed E-state index contributed by atoms with van der Waals surface area (Å²) < 4.78 is 18.1. The first-order valence-electron chi connectivity index (χ1n) is 13.1. The minimum Gasteiger partial charge on any atom is -0.456 e. The third kappa shape index (κ3) is 4.85. The molecule has 0 bridgehead atoms. The molecule has 3 aromatic rings. The van der Waals surface area contributed by atoms with Gasteiger partial charge in [0, 0.05) is 94.1 Å². The Hall–Kier alpha value is -4.12. The number of hydroxylamine groups is 2. The quantitative estimate of drug-likeness (QED) is 0.237. The predicted octanol–water partition coefficient (Wildman–Crippen LogP) is 3.45. The van der Waals surface area contributed by atoms with Gasteiger partial charge in [-0.1, -0.05) is 0 Å². The Kier molecular flexibility index (Phi) is 7.41. The zero-order valence-electron chi connectivity index (χ0n) is 23.4. The Morgan fingerprint density at radius 2 is 1.50 bits per heavy atom. The van der Waals surface area contributed by atoms with Gasteiger partial charge in [-0.05, 0) is 42.5 Å². The summed E-state index contributed by atoms with van der Waals surface area (Å²) in [5.41, 5.74) is 3.37. The van der Waals surface area contributed by atoms with Crippen molar-refractivity contribution in [2.24, 2.45) is 0 Å². The molecular weight excluding hydrogens is 512 g/mol. The summed E-state index contributed by atoms with van der Waals surface area (Å²) in [6, 6.07) is 16.6. The van der Waals surface area contributed by atoms with Crippen LogP contribution in [0.15, 0.2) is 54.6 Å². The molecule has 2 aliphatic heterocycles. The molecule has 10 nitrogen and oxygen atoms in total. The van der Waals surface area contributed by atoms with Crippen LogP contribution in [0.5, 0.6) is 11.5 Å². The number of benzene rings is 3. The van der Waals surface area contributed by atoms with Gasteiger partial charge >= 0.3 is 5.97 Å². The van der Waals surface area contributed by atoms with Gasteiger partial charge in [-0.15, -0.1) is 0 Å². The smallest absolute Gasteiger partial charge is 0.340 e. The van der Waals surface area contributed by atoms with E-state index in [1.807, 2.05) is 74.4 Å². The number of ether oxygens (including phenoxy) is 3. The van der Waals surface area contributed by atoms with Crippen LogP contribution in [0.3, 0.4) is 0 Å². The number of esters is 1. The van der Waals surface area contributed by atoms with Crippen molar-refractivity contribution >= 4 is 23.3 Å². The van der Waals surface area contributed by atoms with Crippen LogP contribution in [0.25, 0.3) is 0 Å². The van der Waals surface area contributed by atoms with Crippen LogP contribution in [0, 0.1) is 0 Å². The number of hydrogen-bond acceptors (Lipinski definition) is 9. The SMILES string of the molecule is CN(O)CCOCCNC(=O)c1ccc2c(c1)C1(OC2=O)c2ccc(N(C)C)cc2Oc2cc(N(C)C)ccc21. The van der Waals surface area contributed by atoms with E-state index in [4.69, 9.17) is 14.2 Å². The Bertz CT molecular complexity index is 1390. The molecule has 5 rings (SSSR count). The van der Waals surface area contributed by atoms with Gasteiger partial charge in [0.05, 0.1) is 18.8 Å². The van der Waals surface area contributed by atoms with Crippen LogP contribution < -0.4 is 19.9 Å². The summed E-state index contributed by atoms with van der Waals surface area (Å²) >= 11 is 0. The van der Waals surface area contributed by atoms with E-state index < -0.39 is 11.6 Å². The highest BCUT2D eigenvalue weighted by Crippen LogP contribution is 2.57. The minimum absolute atomic E-state index is 0.293. The molecule has 0 radical (unpaired) electrons.